The molecule has 1 aliphatic carbocycles. The van der Waals surface area contributed by atoms with Crippen molar-refractivity contribution in [2.45, 2.75) is 44.7 Å². The number of allylic oxidation sites excluding steroid dienone is 1. The van der Waals surface area contributed by atoms with Crippen LogP contribution in [-0.4, -0.2) is 29.7 Å². The maximum absolute atomic E-state index is 8.66. The van der Waals surface area contributed by atoms with E-state index in [1.807, 2.05) is 13.8 Å². The fourth-order valence-corrected chi connectivity index (χ4v) is 2.41. The summed E-state index contributed by atoms with van der Waals surface area (Å²) in [5.74, 6) is 0.106. The van der Waals surface area contributed by atoms with E-state index in [0.717, 1.165) is 12.8 Å². The molecular weight excluding hydrogens is 180 g/mol. The Bertz CT molecular complexity index is 219. The molecular formula is C11H18O3. The van der Waals surface area contributed by atoms with E-state index in [9.17, 15) is 0 Å². The van der Waals surface area contributed by atoms with Crippen LogP contribution in [0.25, 0.3) is 0 Å². The summed E-state index contributed by atoms with van der Waals surface area (Å²) in [5.41, 5.74) is 0. The van der Waals surface area contributed by atoms with Gasteiger partial charge >= 0.3 is 0 Å². The molecule has 80 valence electrons. The third-order valence-corrected chi connectivity index (χ3v) is 2.87. The van der Waals surface area contributed by atoms with Gasteiger partial charge in [0, 0.05) is 0 Å². The first kappa shape index (κ1) is 10.1. The number of fused-ring (bicyclic) bond motifs is 1. The minimum Gasteiger partial charge on any atom is -0.392 e. The maximum atomic E-state index is 8.66. The molecule has 3 heteroatoms. The number of ether oxygens (including phenoxy) is 2. The third kappa shape index (κ3) is 2.00. The van der Waals surface area contributed by atoms with Crippen molar-refractivity contribution in [1.29, 1.82) is 0 Å². The van der Waals surface area contributed by atoms with Crippen LogP contribution >= 0.6 is 0 Å². The molecule has 0 amide bonds. The summed E-state index contributed by atoms with van der Waals surface area (Å²) in [6, 6.07) is 0. The van der Waals surface area contributed by atoms with Crippen LogP contribution in [0, 0.1) is 5.92 Å². The van der Waals surface area contributed by atoms with Crippen molar-refractivity contribution in [1.82, 2.24) is 0 Å². The second-order valence-electron chi connectivity index (χ2n) is 4.55. The van der Waals surface area contributed by atoms with Gasteiger partial charge in [0.25, 0.3) is 0 Å². The number of hydrogen-bond acceptors (Lipinski definition) is 3. The van der Waals surface area contributed by atoms with E-state index >= 15 is 0 Å². The first-order chi connectivity index (χ1) is 6.61. The summed E-state index contributed by atoms with van der Waals surface area (Å²) >= 11 is 0. The van der Waals surface area contributed by atoms with E-state index < -0.39 is 5.79 Å². The van der Waals surface area contributed by atoms with Gasteiger partial charge in [-0.3, -0.25) is 0 Å². The van der Waals surface area contributed by atoms with Gasteiger partial charge in [-0.1, -0.05) is 12.2 Å². The van der Waals surface area contributed by atoms with Crippen LogP contribution in [0.15, 0.2) is 12.2 Å². The van der Waals surface area contributed by atoms with E-state index in [0.29, 0.717) is 5.92 Å². The van der Waals surface area contributed by atoms with Gasteiger partial charge in [-0.05, 0) is 32.6 Å². The third-order valence-electron chi connectivity index (χ3n) is 2.87. The van der Waals surface area contributed by atoms with Gasteiger partial charge in [-0.15, -0.1) is 0 Å². The molecule has 1 N–H and O–H groups in total. The van der Waals surface area contributed by atoms with Crippen molar-refractivity contribution in [3.05, 3.63) is 12.2 Å². The smallest absolute Gasteiger partial charge is 0.163 e. The van der Waals surface area contributed by atoms with Gasteiger partial charge in [0.1, 0.15) is 0 Å². The lowest BCUT2D eigenvalue weighted by molar-refractivity contribution is -0.152. The molecule has 1 saturated heterocycles. The second-order valence-corrected chi connectivity index (χ2v) is 4.55. The quantitative estimate of drug-likeness (QED) is 0.683. The lowest BCUT2D eigenvalue weighted by Crippen LogP contribution is -2.22. The number of aliphatic hydroxyl groups excluding tert-OH is 1. The second kappa shape index (κ2) is 3.65. The average molecular weight is 198 g/mol. The Kier molecular flexibility index (Phi) is 2.64. The Morgan fingerprint density at radius 1 is 1.29 bits per heavy atom. The minimum atomic E-state index is -0.402. The molecule has 2 aliphatic rings. The molecule has 2 unspecified atom stereocenters. The predicted octanol–water partition coefficient (Wildman–Crippen LogP) is 1.46. The Labute approximate surface area is 84.7 Å². The fraction of sp³-hybridized carbons (Fsp3) is 0.818. The molecule has 0 spiro atoms. The van der Waals surface area contributed by atoms with E-state index in [4.69, 9.17) is 14.6 Å². The number of hydrogen-bond donors (Lipinski definition) is 1. The highest BCUT2D eigenvalue weighted by molar-refractivity contribution is 4.99. The Hall–Kier alpha value is -0.380. The molecule has 2 fully saturated rings. The van der Waals surface area contributed by atoms with Crippen molar-refractivity contribution < 1.29 is 14.6 Å². The standard InChI is InChI=1S/C11H18O3/c1-11(2)13-9-6-8(4-3-5-12)7-10(9)14-11/h3-4,8-10,12H,5-7H2,1-2H3/b4-3+. The molecule has 14 heavy (non-hydrogen) atoms. The van der Waals surface area contributed by atoms with Gasteiger partial charge in [-0.2, -0.15) is 0 Å². The minimum absolute atomic E-state index is 0.124. The van der Waals surface area contributed by atoms with Crippen molar-refractivity contribution in [2.75, 3.05) is 6.61 Å². The summed E-state index contributed by atoms with van der Waals surface area (Å²) < 4.78 is 11.5. The first-order valence-electron chi connectivity index (χ1n) is 5.24. The summed E-state index contributed by atoms with van der Waals surface area (Å²) in [5, 5.41) is 8.66. The molecule has 0 bridgehead atoms. The van der Waals surface area contributed by atoms with Crippen LogP contribution in [0.2, 0.25) is 0 Å². The monoisotopic (exact) mass is 198 g/mol. The van der Waals surface area contributed by atoms with E-state index in [-0.39, 0.29) is 18.8 Å². The summed E-state index contributed by atoms with van der Waals surface area (Å²) in [6.45, 7) is 4.05. The van der Waals surface area contributed by atoms with Crippen LogP contribution in [0.5, 0.6) is 0 Å². The van der Waals surface area contributed by atoms with Crippen LogP contribution in [0.1, 0.15) is 26.7 Å². The lowest BCUT2D eigenvalue weighted by Gasteiger charge is -2.19. The molecule has 3 nitrogen and oxygen atoms in total. The van der Waals surface area contributed by atoms with Crippen molar-refractivity contribution in [3.8, 4) is 0 Å². The van der Waals surface area contributed by atoms with Crippen molar-refractivity contribution >= 4 is 0 Å². The molecule has 1 aliphatic heterocycles. The maximum Gasteiger partial charge on any atom is 0.163 e. The normalized spacial score (nSPS) is 40.6. The van der Waals surface area contributed by atoms with E-state index in [1.165, 1.54) is 0 Å². The molecule has 0 aromatic heterocycles. The molecule has 0 radical (unpaired) electrons. The van der Waals surface area contributed by atoms with Gasteiger partial charge in [0.2, 0.25) is 0 Å². The summed E-state index contributed by atoms with van der Waals surface area (Å²) in [4.78, 5) is 0. The highest BCUT2D eigenvalue weighted by Gasteiger charge is 2.46. The Morgan fingerprint density at radius 3 is 2.36 bits per heavy atom. The predicted molar refractivity (Wildman–Crippen MR) is 52.8 cm³/mol. The van der Waals surface area contributed by atoms with Crippen molar-refractivity contribution in [3.63, 3.8) is 0 Å². The number of rotatable bonds is 2. The van der Waals surface area contributed by atoms with Crippen LogP contribution in [0.3, 0.4) is 0 Å². The summed E-state index contributed by atoms with van der Waals surface area (Å²) in [7, 11) is 0. The van der Waals surface area contributed by atoms with Gasteiger partial charge < -0.3 is 14.6 Å². The van der Waals surface area contributed by atoms with E-state index in [2.05, 4.69) is 6.08 Å². The number of aliphatic hydroxyl groups is 1. The van der Waals surface area contributed by atoms with Crippen LogP contribution < -0.4 is 0 Å². The molecule has 2 rings (SSSR count). The van der Waals surface area contributed by atoms with Crippen molar-refractivity contribution in [2.24, 2.45) is 5.92 Å². The SMILES string of the molecule is CC1(C)OC2CC(/C=C/CO)CC2O1. The van der Waals surface area contributed by atoms with Crippen LogP contribution in [0.4, 0.5) is 0 Å². The highest BCUT2D eigenvalue weighted by atomic mass is 16.8. The zero-order valence-corrected chi connectivity index (χ0v) is 8.77. The molecule has 1 heterocycles. The lowest BCUT2D eigenvalue weighted by atomic mass is 10.1. The summed E-state index contributed by atoms with van der Waals surface area (Å²) in [6.07, 6.45) is 6.40. The molecule has 1 saturated carbocycles. The van der Waals surface area contributed by atoms with Gasteiger partial charge in [-0.25, -0.2) is 0 Å². The molecule has 0 aromatic rings. The largest absolute Gasteiger partial charge is 0.392 e. The van der Waals surface area contributed by atoms with Crippen LogP contribution in [-0.2, 0) is 9.47 Å². The highest BCUT2D eigenvalue weighted by Crippen LogP contribution is 2.41. The molecule has 0 aromatic carbocycles. The fourth-order valence-electron chi connectivity index (χ4n) is 2.41. The Balaban J connectivity index is 1.90. The first-order valence-corrected chi connectivity index (χ1v) is 5.24. The Morgan fingerprint density at radius 2 is 1.86 bits per heavy atom. The van der Waals surface area contributed by atoms with Gasteiger partial charge in [0.15, 0.2) is 5.79 Å². The molecule has 2 atom stereocenters. The van der Waals surface area contributed by atoms with E-state index in [1.54, 1.807) is 6.08 Å². The topological polar surface area (TPSA) is 38.7 Å². The zero-order valence-electron chi connectivity index (χ0n) is 8.77. The van der Waals surface area contributed by atoms with Gasteiger partial charge in [0.05, 0.1) is 18.8 Å². The zero-order chi connectivity index (χ0) is 10.2. The average Bonchev–Trinajstić information content (AvgIpc) is 2.53.